The predicted molar refractivity (Wildman–Crippen MR) is 117 cm³/mol. The summed E-state index contributed by atoms with van der Waals surface area (Å²) >= 11 is 2.00. The summed E-state index contributed by atoms with van der Waals surface area (Å²) in [5.41, 5.74) is 0. The highest BCUT2D eigenvalue weighted by atomic mass is 32.2. The van der Waals surface area contributed by atoms with Crippen LogP contribution in [0.1, 0.15) is 6.42 Å². The molecule has 0 aliphatic carbocycles. The number of pyridine rings is 1. The fraction of sp³-hybridized carbons (Fsp3) is 0.450. The maximum absolute atomic E-state index is 10.6. The molecule has 1 unspecified atom stereocenters. The first-order valence-electron chi connectivity index (χ1n) is 10.1. The molecule has 4 rings (SSSR count). The van der Waals surface area contributed by atoms with Crippen molar-refractivity contribution in [2.45, 2.75) is 29.6 Å². The number of hydrogen-bond acceptors (Lipinski definition) is 9. The summed E-state index contributed by atoms with van der Waals surface area (Å²) in [5, 5.41) is 14.2. The van der Waals surface area contributed by atoms with Crippen LogP contribution >= 0.6 is 11.8 Å². The lowest BCUT2D eigenvalue weighted by Gasteiger charge is -2.48. The Morgan fingerprint density at radius 3 is 2.11 bits per heavy atom. The van der Waals surface area contributed by atoms with Gasteiger partial charge in [0.2, 0.25) is 11.8 Å². The van der Waals surface area contributed by atoms with Crippen LogP contribution in [0.3, 0.4) is 0 Å². The maximum atomic E-state index is 10.6. The Labute approximate surface area is 209 Å². The molecule has 17 heteroatoms. The number of alkyl halides is 6. The molecule has 0 radical (unpaired) electrons. The average molecular weight is 558 g/mol. The molecule has 4 heterocycles. The van der Waals surface area contributed by atoms with Gasteiger partial charge in [-0.25, -0.2) is 24.5 Å². The van der Waals surface area contributed by atoms with Crippen LogP contribution in [-0.4, -0.2) is 86.3 Å². The van der Waals surface area contributed by atoms with E-state index in [1.807, 2.05) is 36.0 Å². The van der Waals surface area contributed by atoms with Gasteiger partial charge in [0, 0.05) is 43.6 Å². The van der Waals surface area contributed by atoms with E-state index in [9.17, 15) is 26.3 Å². The zero-order valence-corrected chi connectivity index (χ0v) is 19.7. The highest BCUT2D eigenvalue weighted by molar-refractivity contribution is 8.01. The van der Waals surface area contributed by atoms with Crippen molar-refractivity contribution in [2.24, 2.45) is 0 Å². The molecule has 2 fully saturated rings. The lowest BCUT2D eigenvalue weighted by molar-refractivity contribution is -0.193. The number of carboxylic acids is 2. The van der Waals surface area contributed by atoms with Gasteiger partial charge in [-0.2, -0.15) is 26.3 Å². The summed E-state index contributed by atoms with van der Waals surface area (Å²) in [5.74, 6) is -2.26. The molecular formula is C20H20F6N4O6S. The number of nitrogens with zero attached hydrogens (tertiary/aromatic N) is 4. The minimum Gasteiger partial charge on any atom is -0.481 e. The van der Waals surface area contributed by atoms with E-state index in [1.165, 1.54) is 0 Å². The third-order valence-electron chi connectivity index (χ3n) is 4.70. The molecule has 0 amide bonds. The van der Waals surface area contributed by atoms with Gasteiger partial charge in [-0.1, -0.05) is 6.07 Å². The molecule has 204 valence electrons. The van der Waals surface area contributed by atoms with Crippen LogP contribution < -0.4 is 14.4 Å². The van der Waals surface area contributed by atoms with E-state index in [4.69, 9.17) is 29.3 Å². The summed E-state index contributed by atoms with van der Waals surface area (Å²) in [6.07, 6.45) is -5.57. The SMILES string of the molecule is COc1cc(N2CC3(CC(Oc4ccccn4)CS3)C2)ncn1.O=C(O)C(F)(F)F.O=C(O)C(F)(F)F. The molecule has 2 saturated heterocycles. The number of carbonyl (C=O) groups is 2. The van der Waals surface area contributed by atoms with Crippen LogP contribution in [0.4, 0.5) is 32.2 Å². The normalized spacial score (nSPS) is 17.9. The maximum Gasteiger partial charge on any atom is 0.490 e. The van der Waals surface area contributed by atoms with Crippen LogP contribution in [0.15, 0.2) is 36.8 Å². The zero-order valence-electron chi connectivity index (χ0n) is 18.9. The third-order valence-corrected chi connectivity index (χ3v) is 6.28. The van der Waals surface area contributed by atoms with Gasteiger partial charge in [0.05, 0.1) is 11.9 Å². The van der Waals surface area contributed by atoms with Gasteiger partial charge < -0.3 is 24.6 Å². The van der Waals surface area contributed by atoms with Gasteiger partial charge in [0.1, 0.15) is 18.2 Å². The number of halogens is 6. The third kappa shape index (κ3) is 9.14. The molecule has 2 aromatic heterocycles. The second kappa shape index (κ2) is 12.2. The number of carboxylic acid groups (broad SMARTS) is 2. The molecule has 1 spiro atoms. The highest BCUT2D eigenvalue weighted by Gasteiger charge is 2.50. The van der Waals surface area contributed by atoms with Gasteiger partial charge in [0.25, 0.3) is 0 Å². The van der Waals surface area contributed by atoms with Gasteiger partial charge in [-0.15, -0.1) is 11.8 Å². The molecular weight excluding hydrogens is 538 g/mol. The van der Waals surface area contributed by atoms with E-state index in [2.05, 4.69) is 19.9 Å². The Balaban J connectivity index is 0.000000286. The molecule has 0 aromatic carbocycles. The van der Waals surface area contributed by atoms with Crippen LogP contribution in [0, 0.1) is 0 Å². The summed E-state index contributed by atoms with van der Waals surface area (Å²) in [6.45, 7) is 1.97. The van der Waals surface area contributed by atoms with Crippen molar-refractivity contribution < 1.29 is 55.6 Å². The van der Waals surface area contributed by atoms with Crippen molar-refractivity contribution in [3.8, 4) is 11.8 Å². The Morgan fingerprint density at radius 1 is 1.03 bits per heavy atom. The fourth-order valence-electron chi connectivity index (χ4n) is 3.11. The zero-order chi connectivity index (χ0) is 27.9. The molecule has 1 atom stereocenters. The van der Waals surface area contributed by atoms with Crippen LogP contribution in [0.5, 0.6) is 11.8 Å². The number of hydrogen-bond donors (Lipinski definition) is 2. The van der Waals surface area contributed by atoms with Gasteiger partial charge in [0.15, 0.2) is 0 Å². The fourth-order valence-corrected chi connectivity index (χ4v) is 4.64. The van der Waals surface area contributed by atoms with Crippen LogP contribution in [-0.2, 0) is 9.59 Å². The van der Waals surface area contributed by atoms with E-state index < -0.39 is 24.3 Å². The van der Waals surface area contributed by atoms with Gasteiger partial charge >= 0.3 is 24.3 Å². The number of thioether (sulfide) groups is 1. The first kappa shape index (κ1) is 29.7. The molecule has 2 aliphatic rings. The van der Waals surface area contributed by atoms with Crippen molar-refractivity contribution in [3.05, 3.63) is 36.8 Å². The Morgan fingerprint density at radius 2 is 1.62 bits per heavy atom. The number of anilines is 1. The number of methoxy groups -OCH3 is 1. The quantitative estimate of drug-likeness (QED) is 0.536. The standard InChI is InChI=1S/C16H18N4O2S.2C2HF3O2/c1-21-15-6-13(18-11-19-15)20-9-16(10-20)7-12(8-23-16)22-14-4-2-3-5-17-14;2*3-2(4,5)1(6)7/h2-6,11-12H,7-10H2,1H3;2*(H,6,7). The van der Waals surface area contributed by atoms with E-state index in [0.717, 1.165) is 31.1 Å². The van der Waals surface area contributed by atoms with E-state index in [0.29, 0.717) is 11.8 Å². The van der Waals surface area contributed by atoms with Crippen molar-refractivity contribution in [1.29, 1.82) is 0 Å². The van der Waals surface area contributed by atoms with E-state index >= 15 is 0 Å². The predicted octanol–water partition coefficient (Wildman–Crippen LogP) is 3.29. The molecule has 0 bridgehead atoms. The van der Waals surface area contributed by atoms with Crippen molar-refractivity contribution in [1.82, 2.24) is 15.0 Å². The number of ether oxygens (including phenoxy) is 2. The molecule has 0 saturated carbocycles. The Bertz CT molecular complexity index is 1030. The number of aliphatic carboxylic acids is 2. The largest absolute Gasteiger partial charge is 0.490 e. The summed E-state index contributed by atoms with van der Waals surface area (Å²) < 4.78 is 74.9. The lowest BCUT2D eigenvalue weighted by Crippen LogP contribution is -2.59. The van der Waals surface area contributed by atoms with Crippen LogP contribution in [0.25, 0.3) is 0 Å². The Hall–Kier alpha value is -3.50. The van der Waals surface area contributed by atoms with Crippen LogP contribution in [0.2, 0.25) is 0 Å². The van der Waals surface area contributed by atoms with Crippen molar-refractivity contribution in [2.75, 3.05) is 30.9 Å². The highest BCUT2D eigenvalue weighted by Crippen LogP contribution is 2.47. The first-order chi connectivity index (χ1) is 17.1. The van der Waals surface area contributed by atoms with E-state index in [1.54, 1.807) is 19.6 Å². The van der Waals surface area contributed by atoms with Crippen molar-refractivity contribution in [3.63, 3.8) is 0 Å². The number of aromatic nitrogens is 3. The second-order valence-corrected chi connectivity index (χ2v) is 8.97. The molecule has 10 nitrogen and oxygen atoms in total. The lowest BCUT2D eigenvalue weighted by atomic mass is 9.93. The van der Waals surface area contributed by atoms with E-state index in [-0.39, 0.29) is 10.9 Å². The monoisotopic (exact) mass is 558 g/mol. The summed E-state index contributed by atoms with van der Waals surface area (Å²) in [4.78, 5) is 32.7. The minimum atomic E-state index is -5.08. The van der Waals surface area contributed by atoms with Gasteiger partial charge in [-0.3, -0.25) is 0 Å². The summed E-state index contributed by atoms with van der Waals surface area (Å²) in [6, 6.07) is 7.65. The number of rotatable bonds is 4. The average Bonchev–Trinajstić information content (AvgIpc) is 3.22. The second-order valence-electron chi connectivity index (χ2n) is 7.49. The summed E-state index contributed by atoms with van der Waals surface area (Å²) in [7, 11) is 1.62. The van der Waals surface area contributed by atoms with Crippen molar-refractivity contribution >= 4 is 29.5 Å². The molecule has 2 N–H and O–H groups in total. The topological polar surface area (TPSA) is 135 Å². The minimum absolute atomic E-state index is 0.233. The molecule has 37 heavy (non-hydrogen) atoms. The smallest absolute Gasteiger partial charge is 0.481 e. The molecule has 2 aromatic rings. The molecule has 2 aliphatic heterocycles. The van der Waals surface area contributed by atoms with Gasteiger partial charge in [-0.05, 0) is 6.07 Å². The Kier molecular flexibility index (Phi) is 9.77. The first-order valence-corrected chi connectivity index (χ1v) is 11.1.